The van der Waals surface area contributed by atoms with Crippen LogP contribution in [0.5, 0.6) is 5.75 Å². The highest BCUT2D eigenvalue weighted by Gasteiger charge is 2.30. The van der Waals surface area contributed by atoms with Gasteiger partial charge in [0.25, 0.3) is 0 Å². The second-order valence-corrected chi connectivity index (χ2v) is 8.75. The van der Waals surface area contributed by atoms with Crippen molar-refractivity contribution < 1.29 is 19.4 Å². The lowest BCUT2D eigenvalue weighted by Gasteiger charge is -2.12. The third-order valence-electron chi connectivity index (χ3n) is 5.12. The first-order valence-corrected chi connectivity index (χ1v) is 11.1. The average Bonchev–Trinajstić information content (AvgIpc) is 3.39. The van der Waals surface area contributed by atoms with Gasteiger partial charge in [0, 0.05) is 29.2 Å². The predicted octanol–water partition coefficient (Wildman–Crippen LogP) is 5.42. The molecular weight excluding hydrogens is 392 g/mol. The molecule has 1 aromatic carbocycles. The van der Waals surface area contributed by atoms with E-state index < -0.39 is 12.1 Å². The van der Waals surface area contributed by atoms with E-state index in [1.807, 2.05) is 46.9 Å². The lowest BCUT2D eigenvalue weighted by molar-refractivity contribution is -0.148. The number of thiophene rings is 2. The fourth-order valence-corrected chi connectivity index (χ4v) is 5.88. The van der Waals surface area contributed by atoms with Crippen LogP contribution in [0.1, 0.15) is 34.1 Å². The van der Waals surface area contributed by atoms with Gasteiger partial charge >= 0.3 is 5.97 Å². The standard InChI is InChI=1S/C22H22O4S2/c1-25-19(22(23)24)13-14-4-6-15(7-5-14)26-10-2-3-18-20-16(8-11-27-20)17-9-12-28-21(17)18/h4-9,11-12,18-19H,2-3,10,13H2,1H3,(H,23,24). The molecule has 0 radical (unpaired) electrons. The first-order chi connectivity index (χ1) is 13.7. The number of methoxy groups -OCH3 is 1. The number of rotatable bonds is 9. The van der Waals surface area contributed by atoms with Crippen molar-refractivity contribution in [3.63, 3.8) is 0 Å². The first-order valence-electron chi connectivity index (χ1n) is 9.30. The number of carboxylic acid groups (broad SMARTS) is 1. The predicted molar refractivity (Wildman–Crippen MR) is 113 cm³/mol. The lowest BCUT2D eigenvalue weighted by atomic mass is 10.0. The third kappa shape index (κ3) is 3.85. The summed E-state index contributed by atoms with van der Waals surface area (Å²) in [6.45, 7) is 0.674. The molecular formula is C22H22O4S2. The van der Waals surface area contributed by atoms with Crippen molar-refractivity contribution in [1.82, 2.24) is 0 Å². The van der Waals surface area contributed by atoms with Crippen molar-refractivity contribution in [2.45, 2.75) is 31.3 Å². The normalized spacial score (nSPS) is 13.9. The molecule has 0 saturated heterocycles. The van der Waals surface area contributed by atoms with Crippen LogP contribution in [0.3, 0.4) is 0 Å². The molecule has 0 fully saturated rings. The van der Waals surface area contributed by atoms with Crippen molar-refractivity contribution in [1.29, 1.82) is 0 Å². The zero-order valence-electron chi connectivity index (χ0n) is 15.6. The summed E-state index contributed by atoms with van der Waals surface area (Å²) in [4.78, 5) is 14.1. The Morgan fingerprint density at radius 3 is 2.29 bits per heavy atom. The van der Waals surface area contributed by atoms with Crippen LogP contribution < -0.4 is 4.74 Å². The molecule has 2 heterocycles. The molecule has 0 saturated carbocycles. The molecule has 2 aromatic heterocycles. The summed E-state index contributed by atoms with van der Waals surface area (Å²) in [5, 5.41) is 13.4. The SMILES string of the molecule is COC(Cc1ccc(OCCCC2c3sccc3-c3ccsc32)cc1)C(=O)O. The van der Waals surface area contributed by atoms with E-state index in [1.165, 1.54) is 28.0 Å². The lowest BCUT2D eigenvalue weighted by Crippen LogP contribution is -2.24. The second kappa shape index (κ2) is 8.47. The van der Waals surface area contributed by atoms with E-state index in [0.29, 0.717) is 18.9 Å². The molecule has 6 heteroatoms. The van der Waals surface area contributed by atoms with Gasteiger partial charge in [-0.15, -0.1) is 22.7 Å². The van der Waals surface area contributed by atoms with Gasteiger partial charge in [-0.3, -0.25) is 0 Å². The van der Waals surface area contributed by atoms with E-state index in [1.54, 1.807) is 0 Å². The van der Waals surface area contributed by atoms with Crippen LogP contribution >= 0.6 is 22.7 Å². The summed E-state index contributed by atoms with van der Waals surface area (Å²) in [7, 11) is 1.42. The van der Waals surface area contributed by atoms with Gasteiger partial charge in [0.1, 0.15) is 5.75 Å². The van der Waals surface area contributed by atoms with Crippen LogP contribution in [0.15, 0.2) is 47.2 Å². The van der Waals surface area contributed by atoms with Crippen molar-refractivity contribution in [3.8, 4) is 16.9 Å². The highest BCUT2D eigenvalue weighted by Crippen LogP contribution is 2.51. The highest BCUT2D eigenvalue weighted by molar-refractivity contribution is 7.13. The number of hydrogen-bond acceptors (Lipinski definition) is 5. The molecule has 0 spiro atoms. The molecule has 1 unspecified atom stereocenters. The minimum Gasteiger partial charge on any atom is -0.494 e. The summed E-state index contributed by atoms with van der Waals surface area (Å²) in [6.07, 6.45) is 1.61. The van der Waals surface area contributed by atoms with Gasteiger partial charge in [-0.2, -0.15) is 0 Å². The second-order valence-electron chi connectivity index (χ2n) is 6.85. The van der Waals surface area contributed by atoms with Gasteiger partial charge in [0.05, 0.1) is 6.61 Å². The highest BCUT2D eigenvalue weighted by atomic mass is 32.1. The molecule has 0 amide bonds. The molecule has 0 bridgehead atoms. The molecule has 1 aliphatic carbocycles. The number of benzene rings is 1. The molecule has 4 rings (SSSR count). The van der Waals surface area contributed by atoms with Crippen molar-refractivity contribution in [2.75, 3.05) is 13.7 Å². The van der Waals surface area contributed by atoms with Crippen LogP contribution in [-0.4, -0.2) is 30.9 Å². The Morgan fingerprint density at radius 1 is 1.07 bits per heavy atom. The van der Waals surface area contributed by atoms with Gasteiger partial charge in [-0.05, 0) is 64.6 Å². The van der Waals surface area contributed by atoms with Gasteiger partial charge in [0.2, 0.25) is 0 Å². The van der Waals surface area contributed by atoms with Crippen molar-refractivity contribution in [3.05, 3.63) is 62.5 Å². The maximum Gasteiger partial charge on any atom is 0.333 e. The quantitative estimate of drug-likeness (QED) is 0.475. The minimum absolute atomic E-state index is 0.347. The zero-order chi connectivity index (χ0) is 19.5. The average molecular weight is 415 g/mol. The van der Waals surface area contributed by atoms with Crippen LogP contribution in [-0.2, 0) is 16.0 Å². The van der Waals surface area contributed by atoms with Gasteiger partial charge in [0.15, 0.2) is 6.10 Å². The summed E-state index contributed by atoms with van der Waals surface area (Å²) >= 11 is 3.72. The summed E-state index contributed by atoms with van der Waals surface area (Å²) in [6, 6.07) is 12.1. The minimum atomic E-state index is -0.947. The van der Waals surface area contributed by atoms with Crippen LogP contribution in [0.2, 0.25) is 0 Å². The van der Waals surface area contributed by atoms with E-state index in [-0.39, 0.29) is 0 Å². The molecule has 1 aliphatic rings. The Morgan fingerprint density at radius 2 is 1.71 bits per heavy atom. The van der Waals surface area contributed by atoms with E-state index >= 15 is 0 Å². The number of fused-ring (bicyclic) bond motifs is 3. The van der Waals surface area contributed by atoms with E-state index in [9.17, 15) is 4.79 Å². The number of ether oxygens (including phenoxy) is 2. The van der Waals surface area contributed by atoms with Gasteiger partial charge in [-0.1, -0.05) is 12.1 Å². The molecule has 1 atom stereocenters. The van der Waals surface area contributed by atoms with Crippen molar-refractivity contribution >= 4 is 28.6 Å². The van der Waals surface area contributed by atoms with E-state index in [0.717, 1.165) is 24.2 Å². The Balaban J connectivity index is 1.28. The number of carbonyl (C=O) groups is 1. The Bertz CT molecular complexity index is 901. The monoisotopic (exact) mass is 414 g/mol. The fraction of sp³-hybridized carbons (Fsp3) is 0.318. The summed E-state index contributed by atoms with van der Waals surface area (Å²) in [5.74, 6) is 0.378. The Labute approximate surface area is 172 Å². The smallest absolute Gasteiger partial charge is 0.333 e. The van der Waals surface area contributed by atoms with Gasteiger partial charge < -0.3 is 14.6 Å². The van der Waals surface area contributed by atoms with E-state index in [2.05, 4.69) is 22.9 Å². The molecule has 3 aromatic rings. The fourth-order valence-electron chi connectivity index (χ4n) is 3.69. The molecule has 1 N–H and O–H groups in total. The van der Waals surface area contributed by atoms with Crippen LogP contribution in [0, 0.1) is 0 Å². The van der Waals surface area contributed by atoms with Crippen LogP contribution in [0.25, 0.3) is 11.1 Å². The maximum atomic E-state index is 11.1. The Hall–Kier alpha value is -2.15. The molecule has 0 aliphatic heterocycles. The third-order valence-corrected chi connectivity index (χ3v) is 7.18. The Kier molecular flexibility index (Phi) is 5.80. The number of carboxylic acids is 1. The topological polar surface area (TPSA) is 55.8 Å². The molecule has 146 valence electrons. The van der Waals surface area contributed by atoms with Gasteiger partial charge in [-0.25, -0.2) is 4.79 Å². The molecule has 28 heavy (non-hydrogen) atoms. The summed E-state index contributed by atoms with van der Waals surface area (Å²) < 4.78 is 10.9. The van der Waals surface area contributed by atoms with Crippen molar-refractivity contribution in [2.24, 2.45) is 0 Å². The van der Waals surface area contributed by atoms with E-state index in [4.69, 9.17) is 14.6 Å². The zero-order valence-corrected chi connectivity index (χ0v) is 17.2. The molecule has 4 nitrogen and oxygen atoms in total. The number of aliphatic carboxylic acids is 1. The van der Waals surface area contributed by atoms with Crippen LogP contribution in [0.4, 0.5) is 0 Å². The maximum absolute atomic E-state index is 11.1. The largest absolute Gasteiger partial charge is 0.494 e. The number of hydrogen-bond donors (Lipinski definition) is 1. The first kappa shape index (κ1) is 19.2. The summed E-state index contributed by atoms with van der Waals surface area (Å²) in [5.41, 5.74) is 3.75.